The van der Waals surface area contributed by atoms with Crippen LogP contribution in [0.5, 0.6) is 0 Å². The van der Waals surface area contributed by atoms with Gasteiger partial charge in [-0.25, -0.2) is 0 Å². The van der Waals surface area contributed by atoms with E-state index in [4.69, 9.17) is 5.73 Å². The molecule has 1 aromatic heterocycles. The number of rotatable bonds is 5. The molecular weight excluding hydrogens is 262 g/mol. The molecule has 0 aliphatic rings. The Kier molecular flexibility index (Phi) is 3.62. The first-order valence-corrected chi connectivity index (χ1v) is 7.15. The Bertz CT molecular complexity index is 738. The summed E-state index contributed by atoms with van der Waals surface area (Å²) in [4.78, 5) is 11.4. The van der Waals surface area contributed by atoms with Gasteiger partial charge in [0.15, 0.2) is 0 Å². The fraction of sp³-hybridized carbons (Fsp3) is 0.235. The Morgan fingerprint density at radius 1 is 1.10 bits per heavy atom. The maximum atomic E-state index is 11.4. The number of carbonyl (C=O) groups is 1. The van der Waals surface area contributed by atoms with Gasteiger partial charge in [-0.2, -0.15) is 0 Å². The molecule has 108 valence electrons. The third-order valence-corrected chi connectivity index (χ3v) is 4.01. The number of nitrogens with one attached hydrogen (secondary N) is 1. The smallest absolute Gasteiger partial charge is 0.234 e. The number of hydrogen-bond donors (Lipinski definition) is 2. The lowest BCUT2D eigenvalue weighted by Crippen LogP contribution is -2.39. The van der Waals surface area contributed by atoms with Crippen molar-refractivity contribution in [3.63, 3.8) is 0 Å². The molecular formula is C17H19N3O. The second-order valence-corrected chi connectivity index (χ2v) is 5.22. The summed E-state index contributed by atoms with van der Waals surface area (Å²) in [6.45, 7) is 0.752. The molecule has 0 radical (unpaired) electrons. The number of para-hydroxylation sites is 2. The van der Waals surface area contributed by atoms with Crippen LogP contribution in [0, 0.1) is 0 Å². The molecule has 1 amide bonds. The van der Waals surface area contributed by atoms with Crippen molar-refractivity contribution in [3.8, 4) is 0 Å². The standard InChI is InChI=1S/C17H19N3O/c1-19-14(17(18)21)10-11-20-15-8-4-2-6-12(15)13-7-3-5-9-16(13)20/h2-9,14,19H,10-11H2,1H3,(H2,18,21). The van der Waals surface area contributed by atoms with E-state index in [2.05, 4.69) is 46.3 Å². The average Bonchev–Trinajstić information content (AvgIpc) is 2.82. The van der Waals surface area contributed by atoms with Crippen LogP contribution in [0.3, 0.4) is 0 Å². The second-order valence-electron chi connectivity index (χ2n) is 5.22. The summed E-state index contributed by atoms with van der Waals surface area (Å²) in [5, 5.41) is 5.46. The molecule has 3 rings (SSSR count). The lowest BCUT2D eigenvalue weighted by molar-refractivity contribution is -0.120. The van der Waals surface area contributed by atoms with Crippen LogP contribution >= 0.6 is 0 Å². The minimum Gasteiger partial charge on any atom is -0.368 e. The molecule has 0 saturated heterocycles. The van der Waals surface area contributed by atoms with Crippen LogP contribution in [0.4, 0.5) is 0 Å². The van der Waals surface area contributed by atoms with Crippen LogP contribution in [0.25, 0.3) is 21.8 Å². The van der Waals surface area contributed by atoms with Gasteiger partial charge in [0.05, 0.1) is 6.04 Å². The fourth-order valence-electron chi connectivity index (χ4n) is 2.93. The second kappa shape index (κ2) is 5.58. The van der Waals surface area contributed by atoms with Crippen molar-refractivity contribution < 1.29 is 4.79 Å². The summed E-state index contributed by atoms with van der Waals surface area (Å²) in [5.41, 5.74) is 7.79. The monoisotopic (exact) mass is 281 g/mol. The largest absolute Gasteiger partial charge is 0.368 e. The number of nitrogens with two attached hydrogens (primary N) is 1. The van der Waals surface area contributed by atoms with E-state index in [9.17, 15) is 4.79 Å². The summed E-state index contributed by atoms with van der Waals surface area (Å²) in [6.07, 6.45) is 0.675. The highest BCUT2D eigenvalue weighted by atomic mass is 16.1. The Morgan fingerprint density at radius 3 is 2.10 bits per heavy atom. The first-order valence-electron chi connectivity index (χ1n) is 7.15. The summed E-state index contributed by atoms with van der Waals surface area (Å²) >= 11 is 0. The quantitative estimate of drug-likeness (QED) is 0.753. The molecule has 0 bridgehead atoms. The SMILES string of the molecule is CNC(CCn1c2ccccc2c2ccccc21)C(N)=O. The van der Waals surface area contributed by atoms with Crippen molar-refractivity contribution in [2.75, 3.05) is 7.05 Å². The molecule has 0 aliphatic heterocycles. The van der Waals surface area contributed by atoms with E-state index < -0.39 is 0 Å². The molecule has 1 heterocycles. The van der Waals surface area contributed by atoms with Crippen molar-refractivity contribution in [1.82, 2.24) is 9.88 Å². The summed E-state index contributed by atoms with van der Waals surface area (Å²) in [6, 6.07) is 16.4. The number of aryl methyl sites for hydroxylation is 1. The molecule has 2 aromatic carbocycles. The number of nitrogens with zero attached hydrogens (tertiary/aromatic N) is 1. The number of likely N-dealkylation sites (N-methyl/N-ethyl adjacent to an activating group) is 1. The summed E-state index contributed by atoms with van der Waals surface area (Å²) in [7, 11) is 1.77. The minimum absolute atomic E-state index is 0.301. The summed E-state index contributed by atoms with van der Waals surface area (Å²) in [5.74, 6) is -0.307. The van der Waals surface area contributed by atoms with Crippen molar-refractivity contribution in [2.45, 2.75) is 19.0 Å². The van der Waals surface area contributed by atoms with Gasteiger partial charge in [0.2, 0.25) is 5.91 Å². The zero-order valence-electron chi connectivity index (χ0n) is 12.0. The molecule has 0 fully saturated rings. The predicted molar refractivity (Wildman–Crippen MR) is 86.1 cm³/mol. The molecule has 3 aromatic rings. The van der Waals surface area contributed by atoms with Crippen LogP contribution in [0.1, 0.15) is 6.42 Å². The van der Waals surface area contributed by atoms with Gasteiger partial charge in [0, 0.05) is 28.4 Å². The van der Waals surface area contributed by atoms with Crippen LogP contribution in [-0.2, 0) is 11.3 Å². The van der Waals surface area contributed by atoms with Gasteiger partial charge in [-0.15, -0.1) is 0 Å². The Labute approximate surface area is 123 Å². The van der Waals surface area contributed by atoms with E-state index in [0.717, 1.165) is 6.54 Å². The molecule has 1 atom stereocenters. The van der Waals surface area contributed by atoms with Crippen molar-refractivity contribution in [3.05, 3.63) is 48.5 Å². The third-order valence-electron chi connectivity index (χ3n) is 4.01. The predicted octanol–water partition coefficient (Wildman–Crippen LogP) is 2.26. The Hall–Kier alpha value is -2.33. The van der Waals surface area contributed by atoms with E-state index in [0.29, 0.717) is 6.42 Å². The third kappa shape index (κ3) is 2.38. The number of amides is 1. The Balaban J connectivity index is 2.05. The number of hydrogen-bond acceptors (Lipinski definition) is 2. The van der Waals surface area contributed by atoms with Gasteiger partial charge >= 0.3 is 0 Å². The van der Waals surface area contributed by atoms with Gasteiger partial charge in [-0.05, 0) is 25.6 Å². The first kappa shape index (κ1) is 13.6. The number of aromatic nitrogens is 1. The highest BCUT2D eigenvalue weighted by molar-refractivity contribution is 6.07. The molecule has 0 spiro atoms. The van der Waals surface area contributed by atoms with E-state index in [-0.39, 0.29) is 11.9 Å². The zero-order chi connectivity index (χ0) is 14.8. The lowest BCUT2D eigenvalue weighted by atomic mass is 10.2. The molecule has 1 unspecified atom stereocenters. The molecule has 4 nitrogen and oxygen atoms in total. The topological polar surface area (TPSA) is 60.1 Å². The summed E-state index contributed by atoms with van der Waals surface area (Å²) < 4.78 is 2.26. The molecule has 21 heavy (non-hydrogen) atoms. The fourth-order valence-corrected chi connectivity index (χ4v) is 2.93. The lowest BCUT2D eigenvalue weighted by Gasteiger charge is -2.14. The maximum Gasteiger partial charge on any atom is 0.234 e. The Morgan fingerprint density at radius 2 is 1.62 bits per heavy atom. The van der Waals surface area contributed by atoms with Gasteiger partial charge in [0.25, 0.3) is 0 Å². The van der Waals surface area contributed by atoms with E-state index >= 15 is 0 Å². The molecule has 0 saturated carbocycles. The molecule has 3 N–H and O–H groups in total. The van der Waals surface area contributed by atoms with Crippen molar-refractivity contribution in [1.29, 1.82) is 0 Å². The van der Waals surface area contributed by atoms with Gasteiger partial charge < -0.3 is 15.6 Å². The number of carbonyl (C=O) groups excluding carboxylic acids is 1. The normalized spacial score (nSPS) is 12.8. The number of benzene rings is 2. The van der Waals surface area contributed by atoms with Crippen molar-refractivity contribution in [2.24, 2.45) is 5.73 Å². The number of primary amides is 1. The van der Waals surface area contributed by atoms with Gasteiger partial charge in [-0.1, -0.05) is 36.4 Å². The van der Waals surface area contributed by atoms with Crippen LogP contribution in [-0.4, -0.2) is 23.6 Å². The van der Waals surface area contributed by atoms with Crippen LogP contribution < -0.4 is 11.1 Å². The molecule has 0 aliphatic carbocycles. The van der Waals surface area contributed by atoms with Gasteiger partial charge in [-0.3, -0.25) is 4.79 Å². The average molecular weight is 281 g/mol. The maximum absolute atomic E-state index is 11.4. The molecule has 4 heteroatoms. The highest BCUT2D eigenvalue weighted by Gasteiger charge is 2.15. The minimum atomic E-state index is -0.307. The zero-order valence-corrected chi connectivity index (χ0v) is 12.0. The number of fused-ring (bicyclic) bond motifs is 3. The van der Waals surface area contributed by atoms with E-state index in [1.807, 2.05) is 12.1 Å². The highest BCUT2D eigenvalue weighted by Crippen LogP contribution is 2.28. The van der Waals surface area contributed by atoms with E-state index in [1.54, 1.807) is 7.05 Å². The van der Waals surface area contributed by atoms with Gasteiger partial charge in [0.1, 0.15) is 0 Å². The van der Waals surface area contributed by atoms with E-state index in [1.165, 1.54) is 21.8 Å². The van der Waals surface area contributed by atoms with Crippen LogP contribution in [0.2, 0.25) is 0 Å². The first-order chi connectivity index (χ1) is 10.2. The van der Waals surface area contributed by atoms with Crippen molar-refractivity contribution >= 4 is 27.7 Å². The van der Waals surface area contributed by atoms with Crippen LogP contribution in [0.15, 0.2) is 48.5 Å².